The van der Waals surface area contributed by atoms with Gasteiger partial charge in [-0.15, -0.1) is 0 Å². The van der Waals surface area contributed by atoms with Gasteiger partial charge in [0.1, 0.15) is 11.5 Å². The third-order valence-corrected chi connectivity index (χ3v) is 2.16. The maximum absolute atomic E-state index is 9.36. The molecule has 0 radical (unpaired) electrons. The van der Waals surface area contributed by atoms with E-state index in [-0.39, 0.29) is 5.75 Å². The van der Waals surface area contributed by atoms with Crippen LogP contribution in [0.3, 0.4) is 0 Å². The van der Waals surface area contributed by atoms with Crippen molar-refractivity contribution in [2.24, 2.45) is 0 Å². The summed E-state index contributed by atoms with van der Waals surface area (Å²) in [4.78, 5) is 2.78. The van der Waals surface area contributed by atoms with Crippen molar-refractivity contribution in [2.45, 2.75) is 0 Å². The van der Waals surface area contributed by atoms with Gasteiger partial charge < -0.3 is 14.8 Å². The zero-order valence-electron chi connectivity index (χ0n) is 8.82. The highest BCUT2D eigenvalue weighted by molar-refractivity contribution is 5.48. The summed E-state index contributed by atoms with van der Waals surface area (Å²) in [5.74, 6) is 6.80. The molecule has 0 bridgehead atoms. The van der Waals surface area contributed by atoms with Crippen molar-refractivity contribution in [1.29, 1.82) is 0 Å². The minimum absolute atomic E-state index is 0.168. The molecule has 0 aliphatic heterocycles. The summed E-state index contributed by atoms with van der Waals surface area (Å²) in [6.07, 6.45) is 3.16. The number of hydrogen-bond donors (Lipinski definition) is 2. The zero-order chi connectivity index (χ0) is 11.4. The van der Waals surface area contributed by atoms with Gasteiger partial charge in [-0.1, -0.05) is 11.8 Å². The SMILES string of the molecule is COc1ccc(C#Cc2c[nH]cc2O)cc1. The van der Waals surface area contributed by atoms with Crippen LogP contribution in [0.25, 0.3) is 0 Å². The molecule has 0 atom stereocenters. The van der Waals surface area contributed by atoms with Crippen LogP contribution in [0.15, 0.2) is 36.7 Å². The van der Waals surface area contributed by atoms with Gasteiger partial charge in [0, 0.05) is 18.0 Å². The van der Waals surface area contributed by atoms with Crippen molar-refractivity contribution in [1.82, 2.24) is 4.98 Å². The molecule has 2 N–H and O–H groups in total. The smallest absolute Gasteiger partial charge is 0.148 e. The first-order valence-electron chi connectivity index (χ1n) is 4.81. The second kappa shape index (κ2) is 4.45. The van der Waals surface area contributed by atoms with E-state index in [0.29, 0.717) is 5.56 Å². The zero-order valence-corrected chi connectivity index (χ0v) is 8.82. The number of methoxy groups -OCH3 is 1. The Balaban J connectivity index is 2.21. The Morgan fingerprint density at radius 3 is 2.44 bits per heavy atom. The van der Waals surface area contributed by atoms with E-state index in [1.807, 2.05) is 24.3 Å². The minimum Gasteiger partial charge on any atom is -0.505 e. The van der Waals surface area contributed by atoms with Gasteiger partial charge in [-0.25, -0.2) is 0 Å². The molecule has 0 saturated carbocycles. The van der Waals surface area contributed by atoms with Gasteiger partial charge in [-0.05, 0) is 24.3 Å². The molecule has 1 heterocycles. The molecule has 2 rings (SSSR count). The Bertz CT molecular complexity index is 529. The van der Waals surface area contributed by atoms with Crippen molar-refractivity contribution < 1.29 is 9.84 Å². The highest BCUT2D eigenvalue weighted by atomic mass is 16.5. The van der Waals surface area contributed by atoms with Crippen LogP contribution in [-0.2, 0) is 0 Å². The molecule has 16 heavy (non-hydrogen) atoms. The third-order valence-electron chi connectivity index (χ3n) is 2.16. The van der Waals surface area contributed by atoms with Crippen LogP contribution in [0.5, 0.6) is 11.5 Å². The standard InChI is InChI=1S/C13H11NO2/c1-16-12-6-3-10(4-7-12)2-5-11-8-14-9-13(11)15/h3-4,6-9,14-15H,1H3. The number of aromatic nitrogens is 1. The lowest BCUT2D eigenvalue weighted by Gasteiger charge is -1.97. The lowest BCUT2D eigenvalue weighted by molar-refractivity contribution is 0.415. The molecular formula is C13H11NO2. The number of rotatable bonds is 1. The molecule has 3 nitrogen and oxygen atoms in total. The molecule has 0 spiro atoms. The molecule has 0 fully saturated rings. The Hall–Kier alpha value is -2.34. The van der Waals surface area contributed by atoms with Gasteiger partial charge in [-0.3, -0.25) is 0 Å². The molecule has 3 heteroatoms. The van der Waals surface area contributed by atoms with E-state index >= 15 is 0 Å². The predicted octanol–water partition coefficient (Wildman–Crippen LogP) is 2.13. The Morgan fingerprint density at radius 1 is 1.12 bits per heavy atom. The van der Waals surface area contributed by atoms with Gasteiger partial charge in [0.25, 0.3) is 0 Å². The second-order valence-electron chi connectivity index (χ2n) is 3.23. The maximum Gasteiger partial charge on any atom is 0.148 e. The number of nitrogens with one attached hydrogen (secondary N) is 1. The van der Waals surface area contributed by atoms with Gasteiger partial charge in [0.15, 0.2) is 0 Å². The van der Waals surface area contributed by atoms with Crippen LogP contribution in [0, 0.1) is 11.8 Å². The molecule has 2 aromatic rings. The normalized spacial score (nSPS) is 9.31. The van der Waals surface area contributed by atoms with Gasteiger partial charge >= 0.3 is 0 Å². The monoisotopic (exact) mass is 213 g/mol. The molecular weight excluding hydrogens is 202 g/mol. The Morgan fingerprint density at radius 2 is 1.88 bits per heavy atom. The number of aromatic hydroxyl groups is 1. The van der Waals surface area contributed by atoms with E-state index in [1.165, 1.54) is 6.20 Å². The van der Waals surface area contributed by atoms with E-state index in [2.05, 4.69) is 16.8 Å². The molecule has 80 valence electrons. The molecule has 0 aliphatic rings. The number of H-pyrrole nitrogens is 1. The van der Waals surface area contributed by atoms with E-state index in [4.69, 9.17) is 4.74 Å². The molecule has 1 aromatic carbocycles. The van der Waals surface area contributed by atoms with Crippen molar-refractivity contribution in [3.8, 4) is 23.3 Å². The van der Waals surface area contributed by atoms with E-state index < -0.39 is 0 Å². The average Bonchev–Trinajstić information content (AvgIpc) is 2.73. The van der Waals surface area contributed by atoms with Gasteiger partial charge in [0.2, 0.25) is 0 Å². The van der Waals surface area contributed by atoms with Crippen LogP contribution >= 0.6 is 0 Å². The lowest BCUT2D eigenvalue weighted by Crippen LogP contribution is -1.81. The Labute approximate surface area is 93.7 Å². The highest BCUT2D eigenvalue weighted by Gasteiger charge is 1.96. The molecule has 0 saturated heterocycles. The summed E-state index contributed by atoms with van der Waals surface area (Å²) < 4.78 is 5.05. The van der Waals surface area contributed by atoms with Crippen LogP contribution in [0.4, 0.5) is 0 Å². The number of ether oxygens (including phenoxy) is 1. The van der Waals surface area contributed by atoms with Crippen LogP contribution in [-0.4, -0.2) is 17.2 Å². The van der Waals surface area contributed by atoms with Gasteiger partial charge in [0.05, 0.1) is 12.7 Å². The minimum atomic E-state index is 0.168. The first kappa shape index (κ1) is 10.2. The summed E-state index contributed by atoms with van der Waals surface area (Å²) in [6, 6.07) is 7.44. The summed E-state index contributed by atoms with van der Waals surface area (Å²) in [7, 11) is 1.62. The molecule has 1 aromatic heterocycles. The first-order valence-corrected chi connectivity index (χ1v) is 4.81. The van der Waals surface area contributed by atoms with Crippen LogP contribution in [0.2, 0.25) is 0 Å². The van der Waals surface area contributed by atoms with Crippen molar-refractivity contribution >= 4 is 0 Å². The van der Waals surface area contributed by atoms with Crippen molar-refractivity contribution in [3.63, 3.8) is 0 Å². The van der Waals surface area contributed by atoms with E-state index in [9.17, 15) is 5.11 Å². The molecule has 0 aliphatic carbocycles. The highest BCUT2D eigenvalue weighted by Crippen LogP contribution is 2.14. The van der Waals surface area contributed by atoms with E-state index in [0.717, 1.165) is 11.3 Å². The van der Waals surface area contributed by atoms with Gasteiger partial charge in [-0.2, -0.15) is 0 Å². The summed E-state index contributed by atoms with van der Waals surface area (Å²) in [5, 5.41) is 9.36. The number of aromatic amines is 1. The number of benzene rings is 1. The quantitative estimate of drug-likeness (QED) is 0.713. The fraction of sp³-hybridized carbons (Fsp3) is 0.0769. The molecule has 0 unspecified atom stereocenters. The maximum atomic E-state index is 9.36. The van der Waals surface area contributed by atoms with E-state index in [1.54, 1.807) is 13.3 Å². The topological polar surface area (TPSA) is 45.2 Å². The fourth-order valence-electron chi connectivity index (χ4n) is 1.27. The van der Waals surface area contributed by atoms with Crippen molar-refractivity contribution in [3.05, 3.63) is 47.8 Å². The average molecular weight is 213 g/mol. The molecule has 0 amide bonds. The summed E-state index contributed by atoms with van der Waals surface area (Å²) in [5.41, 5.74) is 1.47. The first-order chi connectivity index (χ1) is 7.79. The second-order valence-corrected chi connectivity index (χ2v) is 3.23. The summed E-state index contributed by atoms with van der Waals surface area (Å²) in [6.45, 7) is 0. The van der Waals surface area contributed by atoms with Crippen LogP contribution in [0.1, 0.15) is 11.1 Å². The van der Waals surface area contributed by atoms with Crippen molar-refractivity contribution in [2.75, 3.05) is 7.11 Å². The largest absolute Gasteiger partial charge is 0.505 e. The Kier molecular flexibility index (Phi) is 2.84. The third kappa shape index (κ3) is 2.18. The predicted molar refractivity (Wildman–Crippen MR) is 61.4 cm³/mol. The number of hydrogen-bond acceptors (Lipinski definition) is 2. The fourth-order valence-corrected chi connectivity index (χ4v) is 1.27. The van der Waals surface area contributed by atoms with Crippen LogP contribution < -0.4 is 4.74 Å². The lowest BCUT2D eigenvalue weighted by atomic mass is 10.2. The summed E-state index contributed by atoms with van der Waals surface area (Å²) >= 11 is 0.